The van der Waals surface area contributed by atoms with Gasteiger partial charge in [-0.05, 0) is 62.1 Å². The van der Waals surface area contributed by atoms with E-state index in [1.165, 1.54) is 12.5 Å². The van der Waals surface area contributed by atoms with Crippen LogP contribution in [0.2, 0.25) is 0 Å². The Kier molecular flexibility index (Phi) is 3.29. The minimum atomic E-state index is -0.259. The second-order valence-electron chi connectivity index (χ2n) is 5.82. The molecule has 0 radical (unpaired) electrons. The molecule has 102 valence electrons. The van der Waals surface area contributed by atoms with Crippen LogP contribution in [0, 0.1) is 12.7 Å². The number of rotatable bonds is 2. The fourth-order valence-electron chi connectivity index (χ4n) is 2.89. The van der Waals surface area contributed by atoms with Crippen molar-refractivity contribution in [1.29, 1.82) is 0 Å². The van der Waals surface area contributed by atoms with Crippen LogP contribution in [0.1, 0.15) is 59.5 Å². The Balaban J connectivity index is 1.93. The highest BCUT2D eigenvalue weighted by Gasteiger charge is 2.30. The van der Waals surface area contributed by atoms with Gasteiger partial charge in [0.25, 0.3) is 5.91 Å². The minimum Gasteiger partial charge on any atom is -0.339 e. The van der Waals surface area contributed by atoms with Crippen molar-refractivity contribution in [3.8, 4) is 0 Å². The molecule has 0 unspecified atom stereocenters. The molecule has 0 bridgehead atoms. The van der Waals surface area contributed by atoms with E-state index in [4.69, 9.17) is 0 Å². The summed E-state index contributed by atoms with van der Waals surface area (Å²) >= 11 is 0. The van der Waals surface area contributed by atoms with Crippen LogP contribution in [-0.4, -0.2) is 23.9 Å². The number of aryl methyl sites for hydroxylation is 1. The van der Waals surface area contributed by atoms with Crippen LogP contribution in [0.15, 0.2) is 12.1 Å². The Morgan fingerprint density at radius 3 is 2.53 bits per heavy atom. The van der Waals surface area contributed by atoms with Gasteiger partial charge in [-0.25, -0.2) is 4.39 Å². The number of likely N-dealkylation sites (tertiary alicyclic amines) is 1. The molecule has 1 aromatic carbocycles. The first-order chi connectivity index (χ1) is 9.16. The molecule has 3 heteroatoms. The van der Waals surface area contributed by atoms with Crippen LogP contribution in [0.25, 0.3) is 0 Å². The van der Waals surface area contributed by atoms with Crippen molar-refractivity contribution in [3.63, 3.8) is 0 Å². The number of piperidine rings is 1. The molecule has 3 rings (SSSR count). The van der Waals surface area contributed by atoms with Crippen LogP contribution in [0.4, 0.5) is 4.39 Å². The zero-order valence-corrected chi connectivity index (χ0v) is 11.4. The maximum atomic E-state index is 13.8. The van der Waals surface area contributed by atoms with E-state index in [1.807, 2.05) is 11.0 Å². The van der Waals surface area contributed by atoms with E-state index >= 15 is 0 Å². The van der Waals surface area contributed by atoms with Crippen LogP contribution in [-0.2, 0) is 0 Å². The van der Waals surface area contributed by atoms with E-state index in [0.29, 0.717) is 17.0 Å². The quantitative estimate of drug-likeness (QED) is 0.796. The molecule has 19 heavy (non-hydrogen) atoms. The van der Waals surface area contributed by atoms with Crippen LogP contribution >= 0.6 is 0 Å². The van der Waals surface area contributed by atoms with E-state index in [9.17, 15) is 9.18 Å². The number of halogens is 1. The maximum absolute atomic E-state index is 13.8. The van der Waals surface area contributed by atoms with Crippen LogP contribution < -0.4 is 0 Å². The van der Waals surface area contributed by atoms with Gasteiger partial charge >= 0.3 is 0 Å². The smallest absolute Gasteiger partial charge is 0.254 e. The van der Waals surface area contributed by atoms with Gasteiger partial charge in [-0.2, -0.15) is 0 Å². The largest absolute Gasteiger partial charge is 0.339 e. The zero-order valence-electron chi connectivity index (χ0n) is 11.4. The monoisotopic (exact) mass is 261 g/mol. The highest BCUT2D eigenvalue weighted by molar-refractivity contribution is 5.96. The molecule has 2 fully saturated rings. The molecular weight excluding hydrogens is 241 g/mol. The molecule has 1 aliphatic carbocycles. The van der Waals surface area contributed by atoms with Gasteiger partial charge < -0.3 is 4.90 Å². The molecule has 0 N–H and O–H groups in total. The molecule has 1 amide bonds. The third-order valence-corrected chi connectivity index (χ3v) is 4.22. The van der Waals surface area contributed by atoms with E-state index in [1.54, 1.807) is 6.92 Å². The summed E-state index contributed by atoms with van der Waals surface area (Å²) in [4.78, 5) is 14.5. The second-order valence-corrected chi connectivity index (χ2v) is 5.82. The number of carbonyl (C=O) groups is 1. The Labute approximate surface area is 113 Å². The number of benzene rings is 1. The summed E-state index contributed by atoms with van der Waals surface area (Å²) in [6, 6.07) is 3.34. The summed E-state index contributed by atoms with van der Waals surface area (Å²) in [7, 11) is 0. The first kappa shape index (κ1) is 12.6. The number of carbonyl (C=O) groups excluding carboxylic acids is 1. The highest BCUT2D eigenvalue weighted by atomic mass is 19.1. The average Bonchev–Trinajstić information content (AvgIpc) is 3.26. The van der Waals surface area contributed by atoms with Gasteiger partial charge in [0, 0.05) is 18.7 Å². The molecule has 0 atom stereocenters. The Bertz CT molecular complexity index is 502. The van der Waals surface area contributed by atoms with Gasteiger partial charge in [0.15, 0.2) is 0 Å². The van der Waals surface area contributed by atoms with Gasteiger partial charge in [-0.1, -0.05) is 6.07 Å². The van der Waals surface area contributed by atoms with E-state index in [0.717, 1.165) is 44.3 Å². The third kappa shape index (κ3) is 2.51. The number of hydrogen-bond acceptors (Lipinski definition) is 1. The predicted molar refractivity (Wildman–Crippen MR) is 72.9 cm³/mol. The fourth-order valence-corrected chi connectivity index (χ4v) is 2.89. The predicted octanol–water partition coefficient (Wildman–Crippen LogP) is 3.64. The lowest BCUT2D eigenvalue weighted by atomic mass is 9.98. The Morgan fingerprint density at radius 2 is 1.89 bits per heavy atom. The third-order valence-electron chi connectivity index (χ3n) is 4.22. The number of nitrogens with zero attached hydrogens (tertiary/aromatic N) is 1. The summed E-state index contributed by atoms with van der Waals surface area (Å²) in [5, 5.41) is 0. The SMILES string of the molecule is Cc1cc(C2CC2)c(C(=O)N2CCCCC2)cc1F. The highest BCUT2D eigenvalue weighted by Crippen LogP contribution is 2.42. The summed E-state index contributed by atoms with van der Waals surface area (Å²) < 4.78 is 13.8. The molecular formula is C16H20FNO. The average molecular weight is 261 g/mol. The molecule has 1 aromatic rings. The van der Waals surface area contributed by atoms with Crippen molar-refractivity contribution in [2.45, 2.75) is 44.9 Å². The molecule has 2 nitrogen and oxygen atoms in total. The summed E-state index contributed by atoms with van der Waals surface area (Å²) in [5.41, 5.74) is 2.32. The van der Waals surface area contributed by atoms with Crippen molar-refractivity contribution >= 4 is 5.91 Å². The van der Waals surface area contributed by atoms with E-state index in [2.05, 4.69) is 0 Å². The van der Waals surface area contributed by atoms with Gasteiger partial charge in [-0.3, -0.25) is 4.79 Å². The standard InChI is InChI=1S/C16H20FNO/c1-11-9-13(12-5-6-12)14(10-15(11)17)16(19)18-7-3-2-4-8-18/h9-10,12H,2-8H2,1H3. The van der Waals surface area contributed by atoms with Crippen molar-refractivity contribution in [2.24, 2.45) is 0 Å². The maximum Gasteiger partial charge on any atom is 0.254 e. The van der Waals surface area contributed by atoms with Crippen molar-refractivity contribution < 1.29 is 9.18 Å². The van der Waals surface area contributed by atoms with Crippen LogP contribution in [0.3, 0.4) is 0 Å². The Hall–Kier alpha value is -1.38. The van der Waals surface area contributed by atoms with Gasteiger partial charge in [-0.15, -0.1) is 0 Å². The first-order valence-corrected chi connectivity index (χ1v) is 7.26. The zero-order chi connectivity index (χ0) is 13.4. The van der Waals surface area contributed by atoms with Gasteiger partial charge in [0.05, 0.1) is 0 Å². The van der Waals surface area contributed by atoms with E-state index < -0.39 is 0 Å². The summed E-state index contributed by atoms with van der Waals surface area (Å²) in [6.07, 6.45) is 5.59. The lowest BCUT2D eigenvalue weighted by molar-refractivity contribution is 0.0722. The van der Waals surface area contributed by atoms with Gasteiger partial charge in [0.1, 0.15) is 5.82 Å². The summed E-state index contributed by atoms with van der Waals surface area (Å²) in [6.45, 7) is 3.41. The number of hydrogen-bond donors (Lipinski definition) is 0. The topological polar surface area (TPSA) is 20.3 Å². The van der Waals surface area contributed by atoms with E-state index in [-0.39, 0.29) is 11.7 Å². The van der Waals surface area contributed by atoms with Gasteiger partial charge in [0.2, 0.25) is 0 Å². The lowest BCUT2D eigenvalue weighted by Gasteiger charge is -2.27. The fraction of sp³-hybridized carbons (Fsp3) is 0.562. The van der Waals surface area contributed by atoms with Crippen molar-refractivity contribution in [3.05, 3.63) is 34.6 Å². The molecule has 1 heterocycles. The normalized spacial score (nSPS) is 19.6. The molecule has 1 aliphatic heterocycles. The lowest BCUT2D eigenvalue weighted by Crippen LogP contribution is -2.36. The molecule has 0 spiro atoms. The molecule has 2 aliphatic rings. The summed E-state index contributed by atoms with van der Waals surface area (Å²) in [5.74, 6) is 0.244. The second kappa shape index (κ2) is 4.95. The van der Waals surface area contributed by atoms with Crippen molar-refractivity contribution in [2.75, 3.05) is 13.1 Å². The molecule has 0 aromatic heterocycles. The van der Waals surface area contributed by atoms with Crippen LogP contribution in [0.5, 0.6) is 0 Å². The number of amides is 1. The first-order valence-electron chi connectivity index (χ1n) is 7.26. The minimum absolute atomic E-state index is 0.0282. The molecule has 1 saturated carbocycles. The van der Waals surface area contributed by atoms with Crippen molar-refractivity contribution in [1.82, 2.24) is 4.90 Å². The Morgan fingerprint density at radius 1 is 1.21 bits per heavy atom. The molecule has 1 saturated heterocycles.